The quantitative estimate of drug-likeness (QED) is 0.785. The van der Waals surface area contributed by atoms with Crippen LogP contribution in [-0.4, -0.2) is 8.42 Å². The SMILES string of the molecule is Cc1ccc(S(=O)(=O)Nc2ccc3c(C)cccc3c2)cc1. The first-order valence-electron chi connectivity index (χ1n) is 7.04. The fraction of sp³-hybridized carbons (Fsp3) is 0.111. The van der Waals surface area contributed by atoms with Crippen LogP contribution in [0.2, 0.25) is 0 Å². The maximum absolute atomic E-state index is 12.4. The third-order valence-electron chi connectivity index (χ3n) is 3.68. The highest BCUT2D eigenvalue weighted by Gasteiger charge is 2.14. The molecule has 0 radical (unpaired) electrons. The van der Waals surface area contributed by atoms with Crippen molar-refractivity contribution in [1.82, 2.24) is 0 Å². The van der Waals surface area contributed by atoms with E-state index in [2.05, 4.69) is 4.72 Å². The maximum Gasteiger partial charge on any atom is 0.261 e. The van der Waals surface area contributed by atoms with Crippen LogP contribution >= 0.6 is 0 Å². The van der Waals surface area contributed by atoms with Crippen LogP contribution in [0.25, 0.3) is 10.8 Å². The number of nitrogens with one attached hydrogen (secondary N) is 1. The summed E-state index contributed by atoms with van der Waals surface area (Å²) in [5.74, 6) is 0. The second-order valence-electron chi connectivity index (χ2n) is 5.43. The number of hydrogen-bond donors (Lipinski definition) is 1. The molecule has 0 spiro atoms. The fourth-order valence-electron chi connectivity index (χ4n) is 2.44. The molecule has 22 heavy (non-hydrogen) atoms. The molecule has 3 rings (SSSR count). The number of benzene rings is 3. The van der Waals surface area contributed by atoms with Crippen molar-refractivity contribution in [3.05, 3.63) is 71.8 Å². The molecule has 0 aliphatic heterocycles. The molecule has 0 saturated heterocycles. The molecule has 0 bridgehead atoms. The molecule has 0 amide bonds. The summed E-state index contributed by atoms with van der Waals surface area (Å²) in [5.41, 5.74) is 2.77. The van der Waals surface area contributed by atoms with E-state index in [0.717, 1.165) is 16.3 Å². The van der Waals surface area contributed by atoms with Crippen LogP contribution in [0.15, 0.2) is 65.6 Å². The minimum absolute atomic E-state index is 0.266. The van der Waals surface area contributed by atoms with Gasteiger partial charge in [0.15, 0.2) is 0 Å². The van der Waals surface area contributed by atoms with E-state index in [-0.39, 0.29) is 4.90 Å². The van der Waals surface area contributed by atoms with Gasteiger partial charge in [-0.3, -0.25) is 4.72 Å². The van der Waals surface area contributed by atoms with Crippen LogP contribution in [-0.2, 0) is 10.0 Å². The summed E-state index contributed by atoms with van der Waals surface area (Å²) < 4.78 is 27.4. The summed E-state index contributed by atoms with van der Waals surface area (Å²) in [5, 5.41) is 2.14. The zero-order valence-electron chi connectivity index (χ0n) is 12.5. The molecule has 4 heteroatoms. The maximum atomic E-state index is 12.4. The van der Waals surface area contributed by atoms with Gasteiger partial charge in [0, 0.05) is 5.69 Å². The topological polar surface area (TPSA) is 46.2 Å². The standard InChI is InChI=1S/C18H17NO2S/c1-13-6-9-17(10-7-13)22(20,21)19-16-8-11-18-14(2)4-3-5-15(18)12-16/h3-12,19H,1-2H3. The molecule has 0 aliphatic carbocycles. The Kier molecular flexibility index (Phi) is 3.62. The molecule has 3 aromatic rings. The Hall–Kier alpha value is -2.33. The predicted molar refractivity (Wildman–Crippen MR) is 90.7 cm³/mol. The first-order valence-corrected chi connectivity index (χ1v) is 8.53. The van der Waals surface area contributed by atoms with Gasteiger partial charge in [0.1, 0.15) is 0 Å². The van der Waals surface area contributed by atoms with Gasteiger partial charge in [-0.1, -0.05) is 42.0 Å². The summed E-state index contributed by atoms with van der Waals surface area (Å²) in [6.07, 6.45) is 0. The van der Waals surface area contributed by atoms with Crippen LogP contribution < -0.4 is 4.72 Å². The van der Waals surface area contributed by atoms with Gasteiger partial charge >= 0.3 is 0 Å². The Morgan fingerprint density at radius 2 is 1.59 bits per heavy atom. The van der Waals surface area contributed by atoms with Crippen molar-refractivity contribution >= 4 is 26.5 Å². The molecule has 0 aromatic heterocycles. The van der Waals surface area contributed by atoms with Crippen LogP contribution in [0.1, 0.15) is 11.1 Å². The van der Waals surface area contributed by atoms with Crippen molar-refractivity contribution < 1.29 is 8.42 Å². The van der Waals surface area contributed by atoms with Gasteiger partial charge in [-0.15, -0.1) is 0 Å². The zero-order valence-corrected chi connectivity index (χ0v) is 13.3. The van der Waals surface area contributed by atoms with Crippen LogP contribution in [0.3, 0.4) is 0 Å². The summed E-state index contributed by atoms with van der Waals surface area (Å²) in [7, 11) is -3.56. The molecular weight excluding hydrogens is 294 g/mol. The lowest BCUT2D eigenvalue weighted by Gasteiger charge is -2.10. The largest absolute Gasteiger partial charge is 0.280 e. The minimum Gasteiger partial charge on any atom is -0.280 e. The van der Waals surface area contributed by atoms with E-state index in [4.69, 9.17) is 0 Å². The molecule has 0 heterocycles. The Balaban J connectivity index is 1.97. The Morgan fingerprint density at radius 1 is 0.864 bits per heavy atom. The molecule has 112 valence electrons. The number of rotatable bonds is 3. The summed E-state index contributed by atoms with van der Waals surface area (Å²) in [6.45, 7) is 3.97. The summed E-state index contributed by atoms with van der Waals surface area (Å²) >= 11 is 0. The molecule has 0 saturated carbocycles. The third kappa shape index (κ3) is 2.83. The molecule has 3 aromatic carbocycles. The predicted octanol–water partition coefficient (Wildman–Crippen LogP) is 4.26. The molecule has 3 nitrogen and oxygen atoms in total. The fourth-order valence-corrected chi connectivity index (χ4v) is 3.49. The number of sulfonamides is 1. The third-order valence-corrected chi connectivity index (χ3v) is 5.08. The lowest BCUT2D eigenvalue weighted by atomic mass is 10.1. The molecule has 0 atom stereocenters. The average molecular weight is 311 g/mol. The van der Waals surface area contributed by atoms with E-state index < -0.39 is 10.0 Å². The number of anilines is 1. The smallest absolute Gasteiger partial charge is 0.261 e. The van der Waals surface area contributed by atoms with E-state index in [1.807, 2.05) is 44.2 Å². The van der Waals surface area contributed by atoms with E-state index in [1.165, 1.54) is 5.56 Å². The van der Waals surface area contributed by atoms with Gasteiger partial charge in [-0.25, -0.2) is 8.42 Å². The van der Waals surface area contributed by atoms with Crippen molar-refractivity contribution in [2.24, 2.45) is 0 Å². The highest BCUT2D eigenvalue weighted by molar-refractivity contribution is 7.92. The molecular formula is C18H17NO2S. The van der Waals surface area contributed by atoms with Crippen molar-refractivity contribution in [2.45, 2.75) is 18.7 Å². The Labute approximate surface area is 130 Å². The van der Waals surface area contributed by atoms with Crippen LogP contribution in [0.4, 0.5) is 5.69 Å². The molecule has 0 fully saturated rings. The van der Waals surface area contributed by atoms with Crippen LogP contribution in [0, 0.1) is 13.8 Å². The second-order valence-corrected chi connectivity index (χ2v) is 7.11. The molecule has 0 unspecified atom stereocenters. The van der Waals surface area contributed by atoms with E-state index >= 15 is 0 Å². The number of fused-ring (bicyclic) bond motifs is 1. The minimum atomic E-state index is -3.56. The number of aryl methyl sites for hydroxylation is 2. The molecule has 0 aliphatic rings. The van der Waals surface area contributed by atoms with Gasteiger partial charge in [0.25, 0.3) is 10.0 Å². The highest BCUT2D eigenvalue weighted by atomic mass is 32.2. The lowest BCUT2D eigenvalue weighted by Crippen LogP contribution is -2.12. The van der Waals surface area contributed by atoms with E-state index in [0.29, 0.717) is 5.69 Å². The summed E-state index contributed by atoms with van der Waals surface area (Å²) in [6, 6.07) is 18.4. The lowest BCUT2D eigenvalue weighted by molar-refractivity contribution is 0.601. The normalized spacial score (nSPS) is 11.5. The Morgan fingerprint density at radius 3 is 2.32 bits per heavy atom. The average Bonchev–Trinajstić information content (AvgIpc) is 2.47. The zero-order chi connectivity index (χ0) is 15.7. The van der Waals surface area contributed by atoms with Gasteiger partial charge < -0.3 is 0 Å². The van der Waals surface area contributed by atoms with Crippen LogP contribution in [0.5, 0.6) is 0 Å². The number of hydrogen-bond acceptors (Lipinski definition) is 2. The second kappa shape index (κ2) is 5.46. The van der Waals surface area contributed by atoms with Gasteiger partial charge in [0.2, 0.25) is 0 Å². The van der Waals surface area contributed by atoms with E-state index in [1.54, 1.807) is 30.3 Å². The highest BCUT2D eigenvalue weighted by Crippen LogP contribution is 2.24. The summed E-state index contributed by atoms with van der Waals surface area (Å²) in [4.78, 5) is 0.266. The Bertz CT molecular complexity index is 929. The first-order chi connectivity index (χ1) is 10.5. The first kappa shape index (κ1) is 14.6. The monoisotopic (exact) mass is 311 g/mol. The van der Waals surface area contributed by atoms with Crippen molar-refractivity contribution in [1.29, 1.82) is 0 Å². The van der Waals surface area contributed by atoms with Crippen molar-refractivity contribution in [3.63, 3.8) is 0 Å². The van der Waals surface area contributed by atoms with Gasteiger partial charge in [0.05, 0.1) is 4.90 Å². The van der Waals surface area contributed by atoms with Crippen molar-refractivity contribution in [3.8, 4) is 0 Å². The van der Waals surface area contributed by atoms with Crippen molar-refractivity contribution in [2.75, 3.05) is 4.72 Å². The molecule has 1 N–H and O–H groups in total. The van der Waals surface area contributed by atoms with E-state index in [9.17, 15) is 8.42 Å². The van der Waals surface area contributed by atoms with Gasteiger partial charge in [-0.05, 0) is 54.4 Å². The van der Waals surface area contributed by atoms with Gasteiger partial charge in [-0.2, -0.15) is 0 Å².